The third kappa shape index (κ3) is 28.1. The number of fused-ring (bicyclic) bond motifs is 2. The van der Waals surface area contributed by atoms with Gasteiger partial charge in [0.1, 0.15) is 23.0 Å². The number of alkyl halides is 10. The van der Waals surface area contributed by atoms with E-state index in [4.69, 9.17) is 64.0 Å². The molecule has 25 nitrogen and oxygen atoms in total. The van der Waals surface area contributed by atoms with E-state index >= 15 is 0 Å². The van der Waals surface area contributed by atoms with Gasteiger partial charge in [0, 0.05) is 42.2 Å². The molecule has 2 aliphatic heterocycles. The van der Waals surface area contributed by atoms with Crippen LogP contribution < -0.4 is 184 Å². The number of aryl methyl sites for hydroxylation is 2. The van der Waals surface area contributed by atoms with Crippen LogP contribution in [0.4, 0.5) is 96.4 Å². The Morgan fingerprint density at radius 3 is 1.57 bits per heavy atom. The summed E-state index contributed by atoms with van der Waals surface area (Å²) in [5.41, 5.74) is 11.1. The van der Waals surface area contributed by atoms with Crippen LogP contribution in [0.15, 0.2) is 132 Å². The number of hydrogen-bond acceptors (Lipinski definition) is 20. The van der Waals surface area contributed by atoms with Crippen LogP contribution in [-0.4, -0.2) is 81.3 Å². The van der Waals surface area contributed by atoms with Gasteiger partial charge >= 0.3 is 156 Å². The number of nitrogens with two attached hydrogens (primary N) is 2. The number of benzene rings is 7. The summed E-state index contributed by atoms with van der Waals surface area (Å²) in [6.07, 6.45) is -12.3. The molecule has 0 bridgehead atoms. The van der Waals surface area contributed by atoms with Crippen LogP contribution >= 0.6 is 39.1 Å². The second-order valence-corrected chi connectivity index (χ2v) is 20.2. The van der Waals surface area contributed by atoms with Crippen molar-refractivity contribution in [3.8, 4) is 28.7 Å². The summed E-state index contributed by atoms with van der Waals surface area (Å²) in [4.78, 5) is 77.2. The van der Waals surface area contributed by atoms with Gasteiger partial charge in [-0.1, -0.05) is 6.92 Å². The maximum absolute atomic E-state index is 12.8. The molecule has 512 valence electrons. The molecule has 7 N–H and O–H groups in total. The van der Waals surface area contributed by atoms with E-state index in [1.54, 1.807) is 17.0 Å². The Morgan fingerprint density at radius 1 is 0.670 bits per heavy atom. The number of nitrogen functional groups attached to an aromatic ring is 2. The van der Waals surface area contributed by atoms with Crippen LogP contribution in [0, 0.1) is 44.2 Å². The number of non-ortho nitro benzene ring substituents is 3. The molecule has 97 heavy (non-hydrogen) atoms. The van der Waals surface area contributed by atoms with Gasteiger partial charge in [0.05, 0.1) is 95.6 Å². The van der Waals surface area contributed by atoms with Crippen molar-refractivity contribution >= 4 is 120 Å². The van der Waals surface area contributed by atoms with Gasteiger partial charge in [-0.2, -0.15) is 39.5 Å². The maximum Gasteiger partial charge on any atom is 1.00 e. The topological polar surface area (TPSA) is 369 Å². The molecule has 7 aromatic rings. The fourth-order valence-electron chi connectivity index (χ4n) is 7.64. The van der Waals surface area contributed by atoms with Gasteiger partial charge < -0.3 is 57.7 Å². The van der Waals surface area contributed by atoms with E-state index in [0.29, 0.717) is 27.2 Å². The van der Waals surface area contributed by atoms with Crippen molar-refractivity contribution in [2.45, 2.75) is 45.7 Å². The standard InChI is InChI=1S/C16H11F3N2O4.C14H11F3N2O3.C11H14N2O2.C8H6BrF3O.C6H6N2O3.C2H2Cl2O.CH2O3.2Cs.H/c1-9-6-10(16(17,18)19)2-4-12(9)20-13-5-3-11(21(23)24)7-14(13)25-8-15(20)22;1-8-6-9(14(15,16)17)2-4-11(8)18-12-5-3-10(19(21)22)7-13(12)20;1-2-5-13-9-4-3-8(12)6-10(9)15-7-11(13)14;1-13-7-4-5(8(10,11)12)2-3-6(7)9;7-5-2-1-4(8(10)11)3-6(5)9;3-1-2(4)5;2-1-4-3;;;/h2-7H,8H2,1H3;2-7,18,20H,1H3;3-4,6H,2,5,7,12H2,1H3;2-4H,1H3;1-3,9H,7H2;1H2;1,3H;;;/q;;;;;;;2*+1;-1/p-1. The summed E-state index contributed by atoms with van der Waals surface area (Å²) < 4.78 is 128. The first-order valence-corrected chi connectivity index (χ1v) is 27.8. The maximum atomic E-state index is 12.8. The van der Waals surface area contributed by atoms with E-state index in [9.17, 15) is 89.3 Å². The number of hydrogen-bond donors (Lipinski definition) is 5. The van der Waals surface area contributed by atoms with E-state index in [1.165, 1.54) is 86.5 Å². The van der Waals surface area contributed by atoms with Crippen LogP contribution in [0.1, 0.15) is 42.6 Å². The molecule has 0 aliphatic carbocycles. The van der Waals surface area contributed by atoms with Crippen LogP contribution in [0.3, 0.4) is 0 Å². The number of amides is 2. The smallest absolute Gasteiger partial charge is 1.00 e. The summed E-state index contributed by atoms with van der Waals surface area (Å²) in [6, 6.07) is 25.4. The molecule has 0 saturated heterocycles. The van der Waals surface area contributed by atoms with Crippen LogP contribution in [0.5, 0.6) is 28.7 Å². The second kappa shape index (κ2) is 41.3. The molecule has 0 unspecified atom stereocenters. The van der Waals surface area contributed by atoms with Crippen LogP contribution in [0.2, 0.25) is 0 Å². The first kappa shape index (κ1) is 88.7. The summed E-state index contributed by atoms with van der Waals surface area (Å²) in [6.45, 7) is 5.27. The average molecular weight is 1720 g/mol. The van der Waals surface area contributed by atoms with Gasteiger partial charge in [0.15, 0.2) is 19.0 Å². The molecule has 0 atom stereocenters. The van der Waals surface area contributed by atoms with E-state index in [2.05, 4.69) is 26.1 Å². The Morgan fingerprint density at radius 2 is 1.10 bits per heavy atom. The van der Waals surface area contributed by atoms with Gasteiger partial charge in [-0.3, -0.25) is 54.4 Å². The number of halogens is 12. The first-order chi connectivity index (χ1) is 44.3. The van der Waals surface area contributed by atoms with E-state index in [0.717, 1.165) is 67.2 Å². The third-order valence-electron chi connectivity index (χ3n) is 12.0. The quantitative estimate of drug-likeness (QED) is 0.00954. The number of nitro benzene ring substituents is 3. The van der Waals surface area contributed by atoms with Crippen molar-refractivity contribution in [2.24, 2.45) is 0 Å². The monoisotopic (exact) mass is 1720 g/mol. The molecular formula is C58H52BrCl2Cs2F9N8O17. The molecule has 0 saturated carbocycles. The predicted octanol–water partition coefficient (Wildman–Crippen LogP) is 7.66. The minimum absolute atomic E-state index is 0. The zero-order chi connectivity index (χ0) is 71.9. The van der Waals surface area contributed by atoms with Gasteiger partial charge in [-0.25, -0.2) is 0 Å². The number of nitro groups is 3. The molecule has 0 radical (unpaired) electrons. The number of ether oxygens (including phenoxy) is 3. The fourth-order valence-corrected chi connectivity index (χ4v) is 8.05. The molecule has 2 heterocycles. The van der Waals surface area contributed by atoms with Crippen molar-refractivity contribution in [1.29, 1.82) is 0 Å². The van der Waals surface area contributed by atoms with Crippen molar-refractivity contribution in [2.75, 3.05) is 59.3 Å². The Bertz CT molecular complexity index is 3920. The zero-order valence-electron chi connectivity index (χ0n) is 52.2. The summed E-state index contributed by atoms with van der Waals surface area (Å²) in [7, 11) is 1.32. The number of carbonyl (C=O) groups excluding carboxylic acids is 4. The molecule has 2 aliphatic rings. The van der Waals surface area contributed by atoms with E-state index in [-0.39, 0.29) is 239 Å². The molecule has 0 aromatic heterocycles. The molecule has 0 spiro atoms. The Hall–Kier alpha value is -6.29. The van der Waals surface area contributed by atoms with Crippen molar-refractivity contribution < 1.29 is 247 Å². The largest absolute Gasteiger partial charge is 1.00 e. The van der Waals surface area contributed by atoms with Gasteiger partial charge in [0.2, 0.25) is 5.24 Å². The molecule has 0 fully saturated rings. The molecular weight excluding hydrogens is 1670 g/mol. The molecule has 7 aromatic carbocycles. The number of rotatable bonds is 11. The van der Waals surface area contributed by atoms with Crippen molar-refractivity contribution in [1.82, 2.24) is 0 Å². The normalized spacial score (nSPS) is 11.7. The number of anilines is 7. The number of nitrogens with one attached hydrogen (secondary N) is 1. The second-order valence-electron chi connectivity index (χ2n) is 18.6. The third-order valence-corrected chi connectivity index (χ3v) is 13.2. The van der Waals surface area contributed by atoms with Gasteiger partial charge in [-0.15, -0.1) is 11.6 Å². The zero-order valence-corrected chi connectivity index (χ0v) is 66.8. The van der Waals surface area contributed by atoms with E-state index in [1.807, 2.05) is 13.0 Å². The molecule has 9 rings (SSSR count). The van der Waals surface area contributed by atoms with Crippen molar-refractivity contribution in [3.05, 3.63) is 190 Å². The average Bonchev–Trinajstić information content (AvgIpc) is 0.776. The summed E-state index contributed by atoms with van der Waals surface area (Å²) in [5, 5.41) is 60.9. The number of nitrogens with zero attached hydrogens (tertiary/aromatic N) is 5. The van der Waals surface area contributed by atoms with Gasteiger partial charge in [-0.05, 0) is 144 Å². The Kier molecular flexibility index (Phi) is 37.8. The summed E-state index contributed by atoms with van der Waals surface area (Å²) >= 11 is 12.6. The number of phenolic OH excluding ortho intramolecular Hbond substituents is 2. The van der Waals surface area contributed by atoms with Crippen molar-refractivity contribution in [3.63, 3.8) is 0 Å². The SMILES string of the molecule is CCCN1C(=O)COc2cc(N)ccc21.COc1cc(C(F)(F)F)ccc1Br.Cc1cc(C(F)(F)F)ccc1N1C(=O)COc2cc([N+](=O)[O-])ccc21.Cc1cc(C(F)(F)F)ccc1Nc1ccc([N+](=O)[O-])cc1O.Nc1ccc([N+](=O)[O-])cc1O.O=C(Cl)CCl.O=CO[O-].[Cs+].[Cs+].[H-]. The number of aromatic hydroxyl groups is 2. The first-order valence-electron chi connectivity index (χ1n) is 26.1. The number of phenols is 2. The number of carbonyl (C=O) groups is 4. The van der Waals surface area contributed by atoms with Crippen LogP contribution in [0.25, 0.3) is 0 Å². The number of methoxy groups -OCH3 is 1. The molecule has 2 amide bonds. The Labute approximate surface area is 681 Å². The van der Waals surface area contributed by atoms with Crippen LogP contribution in [-0.2, 0) is 42.6 Å². The fraction of sp³-hybridized carbons (Fsp3) is 0.207. The Balaban J connectivity index is 0.00000118. The van der Waals surface area contributed by atoms with E-state index < -0.39 is 61.1 Å². The summed E-state index contributed by atoms with van der Waals surface area (Å²) in [5.74, 6) is -0.210. The minimum atomic E-state index is -4.49. The molecule has 39 heteroatoms. The minimum Gasteiger partial charge on any atom is -1.00 e. The van der Waals surface area contributed by atoms with Gasteiger partial charge in [0.25, 0.3) is 35.3 Å². The predicted molar refractivity (Wildman–Crippen MR) is 330 cm³/mol.